The molecule has 75 heavy (non-hydrogen) atoms. The maximum Gasteiger partial charge on any atom is 2.00 e. The molecule has 0 bridgehead atoms. The summed E-state index contributed by atoms with van der Waals surface area (Å²) in [5, 5.41) is 11.5. The Labute approximate surface area is 468 Å². The third-order valence-corrected chi connectivity index (χ3v) is 24.2. The Kier molecular flexibility index (Phi) is 20.3. The van der Waals surface area contributed by atoms with Gasteiger partial charge in [0.25, 0.3) is 0 Å². The van der Waals surface area contributed by atoms with Crippen LogP contribution in [0.2, 0.25) is 0 Å². The summed E-state index contributed by atoms with van der Waals surface area (Å²) in [6, 6.07) is 72.9. The first-order chi connectivity index (χ1) is 35.8. The second-order valence-electron chi connectivity index (χ2n) is 20.2. The van der Waals surface area contributed by atoms with Crippen LogP contribution < -0.4 is 42.4 Å². The van der Waals surface area contributed by atoms with E-state index < -0.39 is 31.7 Å². The first-order valence-electron chi connectivity index (χ1n) is 26.0. The van der Waals surface area contributed by atoms with E-state index in [1.807, 2.05) is 0 Å². The van der Waals surface area contributed by atoms with Crippen molar-refractivity contribution in [1.82, 2.24) is 0 Å². The first kappa shape index (κ1) is 57.2. The van der Waals surface area contributed by atoms with Crippen LogP contribution in [-0.4, -0.2) is 11.3 Å². The van der Waals surface area contributed by atoms with Gasteiger partial charge in [-0.15, -0.1) is 0 Å². The minimum absolute atomic E-state index is 0. The van der Waals surface area contributed by atoms with Crippen molar-refractivity contribution in [2.45, 2.75) is 80.6 Å². The Morgan fingerprint density at radius 2 is 0.480 bits per heavy atom. The molecule has 8 aromatic carbocycles. The van der Waals surface area contributed by atoms with Gasteiger partial charge in [-0.1, -0.05) is 252 Å². The van der Waals surface area contributed by atoms with Crippen molar-refractivity contribution in [3.63, 3.8) is 0 Å². The van der Waals surface area contributed by atoms with Gasteiger partial charge >= 0.3 is 17.1 Å². The molecule has 0 amide bonds. The molecule has 0 saturated heterocycles. The predicted molar refractivity (Wildman–Crippen MR) is 332 cm³/mol. The minimum atomic E-state index is -0.639. The molecular formula is C70H70FeP4+2. The summed E-state index contributed by atoms with van der Waals surface area (Å²) < 4.78 is 0. The molecule has 0 aliphatic heterocycles. The summed E-state index contributed by atoms with van der Waals surface area (Å²) in [6.07, 6.45) is 14.1. The van der Waals surface area contributed by atoms with E-state index in [0.29, 0.717) is 11.3 Å². The number of aryl methyl sites for hydroxylation is 8. The molecule has 2 aliphatic carbocycles. The molecular weight excluding hydrogens is 1020 g/mol. The topological polar surface area (TPSA) is 0 Å². The van der Waals surface area contributed by atoms with E-state index >= 15 is 0 Å². The van der Waals surface area contributed by atoms with E-state index in [1.165, 1.54) is 110 Å². The number of benzene rings is 8. The van der Waals surface area contributed by atoms with Gasteiger partial charge in [-0.2, -0.15) is 0 Å². The van der Waals surface area contributed by atoms with Gasteiger partial charge in [0.1, 0.15) is 0 Å². The first-order valence-corrected chi connectivity index (χ1v) is 31.5. The van der Waals surface area contributed by atoms with E-state index in [2.05, 4.69) is 302 Å². The Morgan fingerprint density at radius 3 is 0.693 bits per heavy atom. The molecule has 2 aliphatic rings. The molecule has 5 heteroatoms. The van der Waals surface area contributed by atoms with Gasteiger partial charge in [-0.25, -0.2) is 0 Å². The quantitative estimate of drug-likeness (QED) is 0.0752. The van der Waals surface area contributed by atoms with Gasteiger partial charge in [0.2, 0.25) is 0 Å². The maximum absolute atomic E-state index is 2.46. The average Bonchev–Trinajstić information content (AvgIpc) is 4.06. The van der Waals surface area contributed by atoms with Crippen LogP contribution in [0.3, 0.4) is 0 Å². The normalized spacial score (nSPS) is 15.3. The summed E-state index contributed by atoms with van der Waals surface area (Å²) in [6.45, 7) is 22.8. The van der Waals surface area contributed by atoms with Gasteiger partial charge in [0.05, 0.1) is 0 Å². The molecule has 8 aromatic rings. The summed E-state index contributed by atoms with van der Waals surface area (Å²) in [5.74, 6) is 2.98. The van der Waals surface area contributed by atoms with Crippen LogP contribution in [0.4, 0.5) is 0 Å². The second kappa shape index (κ2) is 26.6. The Hall–Kier alpha value is -4.00. The van der Waals surface area contributed by atoms with Crippen molar-refractivity contribution < 1.29 is 17.1 Å². The molecule has 10 radical (unpaired) electrons. The molecule has 0 aromatic heterocycles. The van der Waals surface area contributed by atoms with Crippen molar-refractivity contribution >= 4 is 74.1 Å². The van der Waals surface area contributed by atoms with Crippen LogP contribution in [0.5, 0.6) is 0 Å². The molecule has 10 rings (SSSR count). The van der Waals surface area contributed by atoms with Crippen molar-refractivity contribution in [2.75, 3.05) is 0 Å². The number of rotatable bonds is 14. The smallest absolute Gasteiger partial charge is 0.0622 e. The Bertz CT molecular complexity index is 2610. The monoisotopic (exact) mass is 1090 g/mol. The number of hydrogen-bond acceptors (Lipinski definition) is 0. The zero-order chi connectivity index (χ0) is 51.9. The molecule has 0 nitrogen and oxygen atoms in total. The van der Waals surface area contributed by atoms with Crippen LogP contribution in [-0.2, 0) is 17.1 Å². The summed E-state index contributed by atoms with van der Waals surface area (Å²) >= 11 is 0. The Balaban J connectivity index is 0.000000197. The third-order valence-electron chi connectivity index (χ3n) is 13.8. The minimum Gasteiger partial charge on any atom is -0.0622 e. The SMILES string of the molecule is Cc1cc(C)cc(P(c2cc(C)cc(C)c2)[C@@H](C)[C]2[CH][CH][CH][C]2P(c2ccccc2)c2ccccc2)c1.Cc1cc(C)cc(P(c2cc(C)cc(C)c2)[C@@H](C)[C]2[CH][CH][CH][C]2P(c2ccccc2)c2ccccc2)c1.[Fe+2]. The predicted octanol–water partition coefficient (Wildman–Crippen LogP) is 15.2. The molecule has 0 heterocycles. The van der Waals surface area contributed by atoms with Gasteiger partial charge < -0.3 is 0 Å². The average molecular weight is 1090 g/mol. The summed E-state index contributed by atoms with van der Waals surface area (Å²) in [7, 11) is -2.47. The summed E-state index contributed by atoms with van der Waals surface area (Å²) in [5.41, 5.74) is 14.5. The van der Waals surface area contributed by atoms with Gasteiger partial charge in [0, 0.05) is 11.3 Å². The van der Waals surface area contributed by atoms with E-state index in [0.717, 1.165) is 0 Å². The van der Waals surface area contributed by atoms with Gasteiger partial charge in [-0.05, 0) is 191 Å². The van der Waals surface area contributed by atoms with Crippen molar-refractivity contribution in [2.24, 2.45) is 0 Å². The van der Waals surface area contributed by atoms with Crippen molar-refractivity contribution in [1.29, 1.82) is 0 Å². The van der Waals surface area contributed by atoms with E-state index in [-0.39, 0.29) is 17.1 Å². The zero-order valence-electron chi connectivity index (χ0n) is 45.2. The second-order valence-corrected chi connectivity index (χ2v) is 29.7. The molecule has 2 fully saturated rings. The number of hydrogen-bond donors (Lipinski definition) is 0. The van der Waals surface area contributed by atoms with Crippen LogP contribution in [0.1, 0.15) is 58.4 Å². The van der Waals surface area contributed by atoms with Crippen LogP contribution in [0, 0.1) is 117 Å². The molecule has 0 unspecified atom stereocenters. The fraction of sp³-hybridized carbons (Fsp3) is 0.171. The maximum atomic E-state index is 2.46. The Morgan fingerprint density at radius 1 is 0.267 bits per heavy atom. The standard InChI is InChI=1S/2C35H35P2.Fe/c2*1-25-19-26(2)22-32(21-25)36(33-23-27(3)20-28(4)24-33)29(5)34-17-12-18-35(34)37(30-13-8-6-9-14-30)31-15-10-7-11-16-31;/h2*6-24,29H,1-5H3;/q;;+2/t2*29-;/m00./s1. The van der Waals surface area contributed by atoms with Crippen molar-refractivity contribution in [3.8, 4) is 0 Å². The zero-order valence-corrected chi connectivity index (χ0v) is 49.9. The van der Waals surface area contributed by atoms with Crippen molar-refractivity contribution in [3.05, 3.63) is 300 Å². The van der Waals surface area contributed by atoms with Crippen LogP contribution >= 0.6 is 31.7 Å². The van der Waals surface area contributed by atoms with Gasteiger partial charge in [0.15, 0.2) is 0 Å². The molecule has 2 atom stereocenters. The molecule has 2 saturated carbocycles. The molecule has 0 spiro atoms. The fourth-order valence-corrected chi connectivity index (χ4v) is 22.4. The van der Waals surface area contributed by atoms with E-state index in [4.69, 9.17) is 0 Å². The van der Waals surface area contributed by atoms with Crippen LogP contribution in [0.15, 0.2) is 194 Å². The third kappa shape index (κ3) is 14.0. The van der Waals surface area contributed by atoms with Gasteiger partial charge in [-0.3, -0.25) is 0 Å². The van der Waals surface area contributed by atoms with E-state index in [1.54, 1.807) is 0 Å². The largest absolute Gasteiger partial charge is 2.00 e. The summed E-state index contributed by atoms with van der Waals surface area (Å²) in [4.78, 5) is 0. The van der Waals surface area contributed by atoms with E-state index in [9.17, 15) is 0 Å². The van der Waals surface area contributed by atoms with Crippen LogP contribution in [0.25, 0.3) is 0 Å². The molecule has 376 valence electrons. The molecule has 0 N–H and O–H groups in total. The fourth-order valence-electron chi connectivity index (χ4n) is 11.0.